The molecule has 1 aromatic carbocycles. The van der Waals surface area contributed by atoms with E-state index in [0.717, 1.165) is 0 Å². The van der Waals surface area contributed by atoms with E-state index in [4.69, 9.17) is 0 Å². The molecule has 74 valence electrons. The highest BCUT2D eigenvalue weighted by atomic mass is 14.1. The van der Waals surface area contributed by atoms with Crippen LogP contribution in [-0.2, 0) is 0 Å². The van der Waals surface area contributed by atoms with Gasteiger partial charge in [-0.25, -0.2) is 0 Å². The molecule has 1 aliphatic rings. The number of benzene rings is 1. The van der Waals surface area contributed by atoms with Gasteiger partial charge >= 0.3 is 0 Å². The molecular formula is C14H18. The molecule has 14 heavy (non-hydrogen) atoms. The van der Waals surface area contributed by atoms with E-state index in [9.17, 15) is 0 Å². The zero-order valence-corrected chi connectivity index (χ0v) is 8.71. The molecule has 0 aliphatic heterocycles. The molecular weight excluding hydrogens is 168 g/mol. The molecule has 0 nitrogen and oxygen atoms in total. The van der Waals surface area contributed by atoms with Crippen molar-refractivity contribution in [2.45, 2.75) is 38.5 Å². The molecule has 0 atom stereocenters. The summed E-state index contributed by atoms with van der Waals surface area (Å²) in [7, 11) is 0. The Morgan fingerprint density at radius 1 is 0.786 bits per heavy atom. The summed E-state index contributed by atoms with van der Waals surface area (Å²) in [5, 5.41) is 0. The zero-order valence-electron chi connectivity index (χ0n) is 8.71. The molecule has 0 saturated carbocycles. The summed E-state index contributed by atoms with van der Waals surface area (Å²) in [5.41, 5.74) is 2.99. The molecule has 0 bridgehead atoms. The van der Waals surface area contributed by atoms with Gasteiger partial charge in [-0.2, -0.15) is 0 Å². The largest absolute Gasteiger partial charge is 0.0807 e. The smallest absolute Gasteiger partial charge is 0.0228 e. The highest BCUT2D eigenvalue weighted by Gasteiger charge is 2.03. The van der Waals surface area contributed by atoms with E-state index in [1.807, 2.05) is 0 Å². The fraction of sp³-hybridized carbons (Fsp3) is 0.429. The molecule has 0 N–H and O–H groups in total. The minimum atomic E-state index is 1.27. The van der Waals surface area contributed by atoms with Gasteiger partial charge < -0.3 is 0 Å². The van der Waals surface area contributed by atoms with Crippen LogP contribution < -0.4 is 0 Å². The number of hydrogen-bond donors (Lipinski definition) is 0. The van der Waals surface area contributed by atoms with Gasteiger partial charge in [0.1, 0.15) is 0 Å². The summed E-state index contributed by atoms with van der Waals surface area (Å²) < 4.78 is 0. The maximum atomic E-state index is 2.44. The average molecular weight is 186 g/mol. The third-order valence-electron chi connectivity index (χ3n) is 2.94. The molecule has 0 aromatic heterocycles. The van der Waals surface area contributed by atoms with Crippen LogP contribution in [0.1, 0.15) is 44.1 Å². The average Bonchev–Trinajstić information content (AvgIpc) is 2.18. The van der Waals surface area contributed by atoms with Crippen LogP contribution in [0.4, 0.5) is 0 Å². The van der Waals surface area contributed by atoms with Crippen molar-refractivity contribution in [1.82, 2.24) is 0 Å². The lowest BCUT2D eigenvalue weighted by Gasteiger charge is -2.11. The Morgan fingerprint density at radius 2 is 1.57 bits per heavy atom. The van der Waals surface area contributed by atoms with Crippen molar-refractivity contribution in [3.8, 4) is 0 Å². The van der Waals surface area contributed by atoms with Gasteiger partial charge in [0.15, 0.2) is 0 Å². The van der Waals surface area contributed by atoms with Crippen LogP contribution in [0.15, 0.2) is 36.4 Å². The van der Waals surface area contributed by atoms with E-state index < -0.39 is 0 Å². The van der Waals surface area contributed by atoms with Crippen LogP contribution >= 0.6 is 0 Å². The second-order valence-corrected chi connectivity index (χ2v) is 4.05. The zero-order chi connectivity index (χ0) is 9.64. The standard InChI is InChI=1S/C14H18/c1-2-5-9-13(10-6-3-1)14-11-7-4-8-12-14/h4,7-9,11-12H,1-3,5-6,10H2. The van der Waals surface area contributed by atoms with E-state index in [-0.39, 0.29) is 0 Å². The van der Waals surface area contributed by atoms with Crippen molar-refractivity contribution >= 4 is 5.57 Å². The van der Waals surface area contributed by atoms with Gasteiger partial charge in [0.2, 0.25) is 0 Å². The van der Waals surface area contributed by atoms with Crippen molar-refractivity contribution in [3.05, 3.63) is 42.0 Å². The molecule has 0 radical (unpaired) electrons. The quantitative estimate of drug-likeness (QED) is 0.609. The molecule has 0 amide bonds. The molecule has 1 aromatic rings. The molecule has 0 saturated heterocycles. The predicted octanol–water partition coefficient (Wildman–Crippen LogP) is 4.42. The second-order valence-electron chi connectivity index (χ2n) is 4.05. The fourth-order valence-electron chi connectivity index (χ4n) is 2.11. The van der Waals surface area contributed by atoms with Crippen LogP contribution in [-0.4, -0.2) is 0 Å². The third kappa shape index (κ3) is 2.47. The Bertz CT molecular complexity index is 295. The summed E-state index contributed by atoms with van der Waals surface area (Å²) in [6, 6.07) is 10.8. The first-order valence-corrected chi connectivity index (χ1v) is 5.71. The van der Waals surface area contributed by atoms with E-state index in [0.29, 0.717) is 0 Å². The molecule has 0 spiro atoms. The van der Waals surface area contributed by atoms with Crippen LogP contribution in [0.25, 0.3) is 5.57 Å². The summed E-state index contributed by atoms with van der Waals surface area (Å²) >= 11 is 0. The maximum absolute atomic E-state index is 2.44. The van der Waals surface area contributed by atoms with Gasteiger partial charge in [0, 0.05) is 0 Å². The number of allylic oxidation sites excluding steroid dienone is 2. The van der Waals surface area contributed by atoms with Crippen molar-refractivity contribution < 1.29 is 0 Å². The van der Waals surface area contributed by atoms with Crippen LogP contribution in [0.3, 0.4) is 0 Å². The van der Waals surface area contributed by atoms with Crippen LogP contribution in [0.5, 0.6) is 0 Å². The van der Waals surface area contributed by atoms with Gasteiger partial charge in [0.25, 0.3) is 0 Å². The number of rotatable bonds is 1. The molecule has 2 rings (SSSR count). The maximum Gasteiger partial charge on any atom is -0.0228 e. The highest BCUT2D eigenvalue weighted by molar-refractivity contribution is 5.65. The van der Waals surface area contributed by atoms with Crippen molar-refractivity contribution in [1.29, 1.82) is 0 Å². The molecule has 0 unspecified atom stereocenters. The molecule has 0 heteroatoms. The Kier molecular flexibility index (Phi) is 3.39. The van der Waals surface area contributed by atoms with Crippen LogP contribution in [0.2, 0.25) is 0 Å². The lowest BCUT2D eigenvalue weighted by Crippen LogP contribution is -1.89. The van der Waals surface area contributed by atoms with Crippen molar-refractivity contribution in [2.75, 3.05) is 0 Å². The predicted molar refractivity (Wildman–Crippen MR) is 62.1 cm³/mol. The fourth-order valence-corrected chi connectivity index (χ4v) is 2.11. The first-order valence-electron chi connectivity index (χ1n) is 5.71. The lowest BCUT2D eigenvalue weighted by atomic mass is 9.95. The van der Waals surface area contributed by atoms with Crippen molar-refractivity contribution in [3.63, 3.8) is 0 Å². The third-order valence-corrected chi connectivity index (χ3v) is 2.94. The topological polar surface area (TPSA) is 0 Å². The molecule has 1 aliphatic carbocycles. The summed E-state index contributed by atoms with van der Waals surface area (Å²) in [4.78, 5) is 0. The monoisotopic (exact) mass is 186 g/mol. The Morgan fingerprint density at radius 3 is 2.43 bits per heavy atom. The Balaban J connectivity index is 2.15. The van der Waals surface area contributed by atoms with Gasteiger partial charge in [-0.1, -0.05) is 49.2 Å². The molecule has 0 heterocycles. The number of hydrogen-bond acceptors (Lipinski definition) is 0. The van der Waals surface area contributed by atoms with Crippen LogP contribution in [0, 0.1) is 0 Å². The SMILES string of the molecule is C1=C(c2ccccc2)CCCCCC1. The minimum Gasteiger partial charge on any atom is -0.0807 e. The first-order chi connectivity index (χ1) is 6.97. The van der Waals surface area contributed by atoms with E-state index in [1.165, 1.54) is 44.1 Å². The minimum absolute atomic E-state index is 1.27. The second kappa shape index (κ2) is 4.99. The summed E-state index contributed by atoms with van der Waals surface area (Å²) in [5.74, 6) is 0. The normalized spacial score (nSPS) is 18.1. The first kappa shape index (κ1) is 9.51. The van der Waals surface area contributed by atoms with Crippen molar-refractivity contribution in [2.24, 2.45) is 0 Å². The lowest BCUT2D eigenvalue weighted by molar-refractivity contribution is 0.643. The highest BCUT2D eigenvalue weighted by Crippen LogP contribution is 2.24. The van der Waals surface area contributed by atoms with E-state index in [2.05, 4.69) is 36.4 Å². The summed E-state index contributed by atoms with van der Waals surface area (Å²) in [6.45, 7) is 0. The van der Waals surface area contributed by atoms with Gasteiger partial charge in [-0.3, -0.25) is 0 Å². The van der Waals surface area contributed by atoms with Gasteiger partial charge in [-0.05, 0) is 36.8 Å². The Hall–Kier alpha value is -1.04. The van der Waals surface area contributed by atoms with E-state index >= 15 is 0 Å². The van der Waals surface area contributed by atoms with Gasteiger partial charge in [0.05, 0.1) is 0 Å². The van der Waals surface area contributed by atoms with E-state index in [1.54, 1.807) is 5.57 Å². The Labute approximate surface area is 86.7 Å². The molecule has 0 fully saturated rings. The summed E-state index contributed by atoms with van der Waals surface area (Å²) in [6.07, 6.45) is 10.5. The van der Waals surface area contributed by atoms with Gasteiger partial charge in [-0.15, -0.1) is 0 Å².